The van der Waals surface area contributed by atoms with Crippen LogP contribution in [0, 0.1) is 23.3 Å². The van der Waals surface area contributed by atoms with Crippen molar-refractivity contribution in [2.75, 3.05) is 0 Å². The topological polar surface area (TPSA) is 0 Å². The molecule has 0 radical (unpaired) electrons. The molecule has 1 aromatic carbocycles. The molecule has 0 aliphatic carbocycles. The number of hydrogen-bond donors (Lipinski definition) is 0. The first-order chi connectivity index (χ1) is 5.61. The molecule has 0 unspecified atom stereocenters. The Kier molecular flexibility index (Phi) is 4.33. The quantitative estimate of drug-likeness (QED) is 0.424. The standard InChI is InChI=1S/C6H2F4.C2H6/c7-3-1-4(8)6(10)2-5(3)9;1-2/h1-2H;1-2H3. The lowest BCUT2D eigenvalue weighted by Crippen LogP contribution is -1.90. The minimum absolute atomic E-state index is 0.157. The molecule has 0 fully saturated rings. The molecule has 0 heterocycles. The maximum atomic E-state index is 12.0. The van der Waals surface area contributed by atoms with E-state index in [9.17, 15) is 17.6 Å². The average Bonchev–Trinajstić information content (AvgIpc) is 2.05. The maximum Gasteiger partial charge on any atom is 0.161 e. The highest BCUT2D eigenvalue weighted by Crippen LogP contribution is 2.11. The number of halogens is 4. The van der Waals surface area contributed by atoms with Gasteiger partial charge < -0.3 is 0 Å². The predicted octanol–water partition coefficient (Wildman–Crippen LogP) is 3.27. The minimum atomic E-state index is -1.39. The van der Waals surface area contributed by atoms with Crippen molar-refractivity contribution in [1.29, 1.82) is 0 Å². The summed E-state index contributed by atoms with van der Waals surface area (Å²) < 4.78 is 47.9. The molecule has 0 amide bonds. The molecule has 0 saturated heterocycles. The van der Waals surface area contributed by atoms with Gasteiger partial charge in [-0.15, -0.1) is 0 Å². The second kappa shape index (κ2) is 4.74. The lowest BCUT2D eigenvalue weighted by atomic mass is 10.3. The molecule has 12 heavy (non-hydrogen) atoms. The molecule has 1 rings (SSSR count). The molecule has 1 aromatic rings. The fourth-order valence-electron chi connectivity index (χ4n) is 0.498. The van der Waals surface area contributed by atoms with E-state index in [0.29, 0.717) is 0 Å². The molecule has 0 bridgehead atoms. The Bertz CT molecular complexity index is 207. The van der Waals surface area contributed by atoms with Crippen LogP contribution in [0.15, 0.2) is 12.1 Å². The van der Waals surface area contributed by atoms with Gasteiger partial charge in [0.1, 0.15) is 0 Å². The van der Waals surface area contributed by atoms with Crippen molar-refractivity contribution in [3.63, 3.8) is 0 Å². The van der Waals surface area contributed by atoms with Gasteiger partial charge in [-0.3, -0.25) is 0 Å². The predicted molar refractivity (Wildman–Crippen MR) is 37.6 cm³/mol. The zero-order valence-electron chi connectivity index (χ0n) is 6.67. The summed E-state index contributed by atoms with van der Waals surface area (Å²) in [5, 5.41) is 0. The third-order valence-electron chi connectivity index (χ3n) is 0.963. The summed E-state index contributed by atoms with van der Waals surface area (Å²) in [6.45, 7) is 4.00. The highest BCUT2D eigenvalue weighted by Gasteiger charge is 2.07. The molecule has 0 aliphatic rings. The zero-order valence-corrected chi connectivity index (χ0v) is 6.67. The van der Waals surface area contributed by atoms with E-state index in [2.05, 4.69) is 0 Å². The van der Waals surface area contributed by atoms with Crippen LogP contribution in [0.3, 0.4) is 0 Å². The Balaban J connectivity index is 0.000000561. The largest absolute Gasteiger partial charge is 0.204 e. The normalized spacial score (nSPS) is 8.83. The van der Waals surface area contributed by atoms with Gasteiger partial charge in [0.15, 0.2) is 23.3 Å². The second-order valence-electron chi connectivity index (χ2n) is 1.68. The van der Waals surface area contributed by atoms with Gasteiger partial charge in [0.05, 0.1) is 0 Å². The van der Waals surface area contributed by atoms with Gasteiger partial charge in [0, 0.05) is 12.1 Å². The van der Waals surface area contributed by atoms with Gasteiger partial charge >= 0.3 is 0 Å². The summed E-state index contributed by atoms with van der Waals surface area (Å²) in [7, 11) is 0. The molecule has 0 N–H and O–H groups in total. The van der Waals surface area contributed by atoms with Crippen LogP contribution in [0.1, 0.15) is 13.8 Å². The highest BCUT2D eigenvalue weighted by molar-refractivity contribution is 5.10. The van der Waals surface area contributed by atoms with Gasteiger partial charge in [-0.1, -0.05) is 13.8 Å². The van der Waals surface area contributed by atoms with Gasteiger partial charge in [-0.05, 0) is 0 Å². The Morgan fingerprint density at radius 2 is 0.833 bits per heavy atom. The number of rotatable bonds is 0. The van der Waals surface area contributed by atoms with Gasteiger partial charge in [-0.2, -0.15) is 0 Å². The van der Waals surface area contributed by atoms with Crippen LogP contribution in [0.4, 0.5) is 17.6 Å². The molecule has 68 valence electrons. The Labute approximate surface area is 67.8 Å². The molecule has 0 nitrogen and oxygen atoms in total. The summed E-state index contributed by atoms with van der Waals surface area (Å²) in [6, 6.07) is 0.315. The van der Waals surface area contributed by atoms with Crippen LogP contribution in [0.5, 0.6) is 0 Å². The molecule has 0 saturated carbocycles. The van der Waals surface area contributed by atoms with Crippen LogP contribution >= 0.6 is 0 Å². The molecule has 0 aliphatic heterocycles. The Morgan fingerprint density at radius 3 is 1.00 bits per heavy atom. The average molecular weight is 180 g/mol. The van der Waals surface area contributed by atoms with Crippen molar-refractivity contribution >= 4 is 0 Å². The summed E-state index contributed by atoms with van der Waals surface area (Å²) in [5.41, 5.74) is 0. The van der Waals surface area contributed by atoms with Crippen LogP contribution in [-0.2, 0) is 0 Å². The van der Waals surface area contributed by atoms with Crippen LogP contribution in [0.25, 0.3) is 0 Å². The van der Waals surface area contributed by atoms with E-state index in [1.807, 2.05) is 13.8 Å². The van der Waals surface area contributed by atoms with E-state index in [0.717, 1.165) is 0 Å². The summed E-state index contributed by atoms with van der Waals surface area (Å²) >= 11 is 0. The highest BCUT2D eigenvalue weighted by atomic mass is 19.2. The smallest absolute Gasteiger partial charge is 0.161 e. The Morgan fingerprint density at radius 1 is 0.667 bits per heavy atom. The molecule has 0 aromatic heterocycles. The fourth-order valence-corrected chi connectivity index (χ4v) is 0.498. The third-order valence-corrected chi connectivity index (χ3v) is 0.963. The van der Waals surface area contributed by atoms with Crippen molar-refractivity contribution in [1.82, 2.24) is 0 Å². The number of hydrogen-bond acceptors (Lipinski definition) is 0. The van der Waals surface area contributed by atoms with Crippen LogP contribution < -0.4 is 0 Å². The van der Waals surface area contributed by atoms with Gasteiger partial charge in [-0.25, -0.2) is 17.6 Å². The van der Waals surface area contributed by atoms with E-state index < -0.39 is 23.3 Å². The van der Waals surface area contributed by atoms with E-state index in [4.69, 9.17) is 0 Å². The maximum absolute atomic E-state index is 12.0. The van der Waals surface area contributed by atoms with E-state index in [-0.39, 0.29) is 12.1 Å². The lowest BCUT2D eigenvalue weighted by Gasteiger charge is -1.92. The van der Waals surface area contributed by atoms with Crippen molar-refractivity contribution in [2.24, 2.45) is 0 Å². The van der Waals surface area contributed by atoms with Crippen LogP contribution in [0.2, 0.25) is 0 Å². The first-order valence-electron chi connectivity index (χ1n) is 3.41. The number of benzene rings is 1. The fraction of sp³-hybridized carbons (Fsp3) is 0.250. The zero-order chi connectivity index (χ0) is 9.72. The summed E-state index contributed by atoms with van der Waals surface area (Å²) in [4.78, 5) is 0. The summed E-state index contributed by atoms with van der Waals surface area (Å²) in [6.07, 6.45) is 0. The van der Waals surface area contributed by atoms with Crippen molar-refractivity contribution in [2.45, 2.75) is 13.8 Å². The monoisotopic (exact) mass is 180 g/mol. The van der Waals surface area contributed by atoms with Crippen LogP contribution in [-0.4, -0.2) is 0 Å². The van der Waals surface area contributed by atoms with Crippen molar-refractivity contribution in [3.8, 4) is 0 Å². The summed E-state index contributed by atoms with van der Waals surface area (Å²) in [5.74, 6) is -5.56. The van der Waals surface area contributed by atoms with Crippen molar-refractivity contribution in [3.05, 3.63) is 35.4 Å². The first-order valence-corrected chi connectivity index (χ1v) is 3.41. The van der Waals surface area contributed by atoms with E-state index in [1.54, 1.807) is 0 Å². The molecular weight excluding hydrogens is 172 g/mol. The minimum Gasteiger partial charge on any atom is -0.204 e. The lowest BCUT2D eigenvalue weighted by molar-refractivity contribution is 0.454. The van der Waals surface area contributed by atoms with Crippen molar-refractivity contribution < 1.29 is 17.6 Å². The van der Waals surface area contributed by atoms with E-state index >= 15 is 0 Å². The Hall–Kier alpha value is -1.06. The van der Waals surface area contributed by atoms with Gasteiger partial charge in [0.25, 0.3) is 0 Å². The second-order valence-corrected chi connectivity index (χ2v) is 1.68. The molecule has 4 heteroatoms. The molecular formula is C8H8F4. The van der Waals surface area contributed by atoms with E-state index in [1.165, 1.54) is 0 Å². The molecule has 0 spiro atoms. The van der Waals surface area contributed by atoms with Gasteiger partial charge in [0.2, 0.25) is 0 Å². The first kappa shape index (κ1) is 10.9. The SMILES string of the molecule is CC.Fc1cc(F)c(F)cc1F. The third kappa shape index (κ3) is 2.53. The molecule has 0 atom stereocenters.